The Morgan fingerprint density at radius 1 is 1.32 bits per heavy atom. The topological polar surface area (TPSA) is 36.4 Å². The Hall–Kier alpha value is -1.88. The van der Waals surface area contributed by atoms with Crippen molar-refractivity contribution in [2.75, 3.05) is 25.0 Å². The van der Waals surface area contributed by atoms with Gasteiger partial charge in [-0.3, -0.25) is 4.79 Å². The van der Waals surface area contributed by atoms with E-state index in [9.17, 15) is 4.79 Å². The normalized spacial score (nSPS) is 14.1. The van der Waals surface area contributed by atoms with Crippen LogP contribution in [-0.4, -0.2) is 35.9 Å². The average molecular weight is 273 g/mol. The van der Waals surface area contributed by atoms with Gasteiger partial charge in [0.15, 0.2) is 5.13 Å². The molecule has 98 valence electrons. The number of carbonyl (C=O) groups excluding carboxylic acids is 1. The van der Waals surface area contributed by atoms with Gasteiger partial charge in [-0.2, -0.15) is 0 Å². The molecule has 2 heterocycles. The van der Waals surface area contributed by atoms with E-state index < -0.39 is 0 Å². The number of likely N-dealkylation sites (tertiary alicyclic amines) is 1. The first-order chi connectivity index (χ1) is 9.25. The molecule has 1 aromatic heterocycles. The van der Waals surface area contributed by atoms with Crippen molar-refractivity contribution in [1.82, 2.24) is 9.88 Å². The van der Waals surface area contributed by atoms with Gasteiger partial charge in [-0.25, -0.2) is 4.98 Å². The van der Waals surface area contributed by atoms with Crippen LogP contribution >= 0.6 is 11.3 Å². The number of hydrogen-bond acceptors (Lipinski definition) is 4. The lowest BCUT2D eigenvalue weighted by molar-refractivity contribution is 0.0646. The van der Waals surface area contributed by atoms with E-state index in [0.717, 1.165) is 30.3 Å². The Morgan fingerprint density at radius 3 is 2.68 bits per heavy atom. The van der Waals surface area contributed by atoms with Gasteiger partial charge in [0, 0.05) is 31.2 Å². The van der Waals surface area contributed by atoms with Crippen LogP contribution in [0.25, 0.3) is 0 Å². The smallest absolute Gasteiger partial charge is 0.273 e. The minimum atomic E-state index is 0.0511. The molecule has 19 heavy (non-hydrogen) atoms. The molecule has 1 saturated heterocycles. The Balaban J connectivity index is 1.79. The van der Waals surface area contributed by atoms with E-state index in [4.69, 9.17) is 0 Å². The number of amides is 1. The molecule has 1 amide bonds. The van der Waals surface area contributed by atoms with Crippen LogP contribution in [0.2, 0.25) is 0 Å². The zero-order valence-corrected chi connectivity index (χ0v) is 11.6. The van der Waals surface area contributed by atoms with E-state index in [1.165, 1.54) is 11.3 Å². The van der Waals surface area contributed by atoms with Gasteiger partial charge in [-0.05, 0) is 18.6 Å². The van der Waals surface area contributed by atoms with Gasteiger partial charge in [0.1, 0.15) is 5.69 Å². The van der Waals surface area contributed by atoms with E-state index in [-0.39, 0.29) is 5.91 Å². The molecule has 1 aliphatic rings. The molecule has 0 radical (unpaired) electrons. The fraction of sp³-hybridized carbons (Fsp3) is 0.286. The van der Waals surface area contributed by atoms with Crippen LogP contribution in [0.5, 0.6) is 0 Å². The van der Waals surface area contributed by atoms with Gasteiger partial charge < -0.3 is 9.80 Å². The largest absolute Gasteiger partial charge is 0.337 e. The first-order valence-electron chi connectivity index (χ1n) is 6.29. The maximum Gasteiger partial charge on any atom is 0.273 e. The van der Waals surface area contributed by atoms with E-state index in [1.54, 1.807) is 0 Å². The lowest BCUT2D eigenvalue weighted by Gasteiger charge is -2.30. The molecule has 2 aromatic rings. The Kier molecular flexibility index (Phi) is 3.21. The van der Waals surface area contributed by atoms with Gasteiger partial charge in [0.05, 0.1) is 0 Å². The van der Waals surface area contributed by atoms with Gasteiger partial charge >= 0.3 is 0 Å². The maximum atomic E-state index is 12.1. The second-order valence-corrected chi connectivity index (χ2v) is 5.39. The van der Waals surface area contributed by atoms with Crippen LogP contribution in [-0.2, 0) is 0 Å². The van der Waals surface area contributed by atoms with Crippen molar-refractivity contribution in [3.05, 3.63) is 41.4 Å². The summed E-state index contributed by atoms with van der Waals surface area (Å²) in [5, 5.41) is 2.69. The molecule has 5 heteroatoms. The number of benzene rings is 1. The highest BCUT2D eigenvalue weighted by Crippen LogP contribution is 2.27. The predicted octanol–water partition coefficient (Wildman–Crippen LogP) is 2.76. The average Bonchev–Trinajstić information content (AvgIpc) is 2.86. The Bertz CT molecular complexity index is 577. The minimum Gasteiger partial charge on any atom is -0.337 e. The molecule has 1 aromatic carbocycles. The molecule has 0 atom stereocenters. The third-order valence-corrected chi connectivity index (χ3v) is 4.20. The summed E-state index contributed by atoms with van der Waals surface area (Å²) in [5.74, 6) is 0.0511. The van der Waals surface area contributed by atoms with E-state index >= 15 is 0 Å². The van der Waals surface area contributed by atoms with Gasteiger partial charge in [-0.15, -0.1) is 11.3 Å². The number of hydrogen-bond donors (Lipinski definition) is 0. The quantitative estimate of drug-likeness (QED) is 0.862. The van der Waals surface area contributed by atoms with Crippen molar-refractivity contribution in [1.29, 1.82) is 0 Å². The monoisotopic (exact) mass is 273 g/mol. The molecule has 0 aliphatic carbocycles. The van der Waals surface area contributed by atoms with Crippen molar-refractivity contribution >= 4 is 28.1 Å². The number of anilines is 2. The van der Waals surface area contributed by atoms with Crippen molar-refractivity contribution in [3.63, 3.8) is 0 Å². The van der Waals surface area contributed by atoms with Crippen molar-refractivity contribution in [3.8, 4) is 0 Å². The summed E-state index contributed by atoms with van der Waals surface area (Å²) in [4.78, 5) is 20.3. The fourth-order valence-corrected chi connectivity index (χ4v) is 2.75. The highest BCUT2D eigenvalue weighted by atomic mass is 32.1. The van der Waals surface area contributed by atoms with Gasteiger partial charge in [0.2, 0.25) is 0 Å². The number of para-hydroxylation sites is 1. The second kappa shape index (κ2) is 5.01. The SMILES string of the molecule is CN(c1ccccc1)c1nc(C(=O)N2CCC2)cs1. The zero-order valence-electron chi connectivity index (χ0n) is 10.7. The first kappa shape index (κ1) is 12.2. The summed E-state index contributed by atoms with van der Waals surface area (Å²) in [6.45, 7) is 1.72. The van der Waals surface area contributed by atoms with E-state index in [0.29, 0.717) is 5.69 Å². The second-order valence-electron chi connectivity index (χ2n) is 4.56. The van der Waals surface area contributed by atoms with Gasteiger partial charge in [-0.1, -0.05) is 18.2 Å². The molecular weight excluding hydrogens is 258 g/mol. The summed E-state index contributed by atoms with van der Waals surface area (Å²) < 4.78 is 0. The number of thiazole rings is 1. The summed E-state index contributed by atoms with van der Waals surface area (Å²) in [7, 11) is 1.96. The summed E-state index contributed by atoms with van der Waals surface area (Å²) in [5.41, 5.74) is 1.63. The Labute approximate surface area is 116 Å². The fourth-order valence-electron chi connectivity index (χ4n) is 1.96. The van der Waals surface area contributed by atoms with Crippen LogP contribution in [0.3, 0.4) is 0 Å². The number of carbonyl (C=O) groups is 1. The van der Waals surface area contributed by atoms with Gasteiger partial charge in [0.25, 0.3) is 5.91 Å². The van der Waals surface area contributed by atoms with Crippen LogP contribution in [0.4, 0.5) is 10.8 Å². The molecule has 3 rings (SSSR count). The predicted molar refractivity (Wildman–Crippen MR) is 77.1 cm³/mol. The van der Waals surface area contributed by atoms with Crippen LogP contribution in [0.1, 0.15) is 16.9 Å². The Morgan fingerprint density at radius 2 is 2.05 bits per heavy atom. The van der Waals surface area contributed by atoms with Crippen LogP contribution in [0, 0.1) is 0 Å². The standard InChI is InChI=1S/C14H15N3OS/c1-16(11-6-3-2-4-7-11)14-15-12(10-19-14)13(18)17-8-5-9-17/h2-4,6-7,10H,5,8-9H2,1H3. The van der Waals surface area contributed by atoms with E-state index in [1.807, 2.05) is 52.6 Å². The molecule has 0 bridgehead atoms. The highest BCUT2D eigenvalue weighted by Gasteiger charge is 2.24. The lowest BCUT2D eigenvalue weighted by atomic mass is 10.2. The van der Waals surface area contributed by atoms with Crippen molar-refractivity contribution in [2.24, 2.45) is 0 Å². The van der Waals surface area contributed by atoms with E-state index in [2.05, 4.69) is 4.98 Å². The lowest BCUT2D eigenvalue weighted by Crippen LogP contribution is -2.42. The molecule has 1 fully saturated rings. The summed E-state index contributed by atoms with van der Waals surface area (Å²) in [6.07, 6.45) is 1.10. The zero-order chi connectivity index (χ0) is 13.2. The highest BCUT2D eigenvalue weighted by molar-refractivity contribution is 7.14. The first-order valence-corrected chi connectivity index (χ1v) is 7.17. The van der Waals surface area contributed by atoms with Crippen molar-refractivity contribution < 1.29 is 4.79 Å². The number of aromatic nitrogens is 1. The van der Waals surface area contributed by atoms with Crippen LogP contribution < -0.4 is 4.90 Å². The third kappa shape index (κ3) is 2.33. The molecule has 1 aliphatic heterocycles. The molecule has 0 saturated carbocycles. The summed E-state index contributed by atoms with van der Waals surface area (Å²) >= 11 is 1.50. The molecule has 0 N–H and O–H groups in total. The van der Waals surface area contributed by atoms with Crippen LogP contribution in [0.15, 0.2) is 35.7 Å². The number of rotatable bonds is 3. The number of nitrogens with zero attached hydrogens (tertiary/aromatic N) is 3. The molecule has 0 spiro atoms. The molecular formula is C14H15N3OS. The summed E-state index contributed by atoms with van der Waals surface area (Å²) in [6, 6.07) is 10.0. The van der Waals surface area contributed by atoms with Crippen molar-refractivity contribution in [2.45, 2.75) is 6.42 Å². The maximum absolute atomic E-state index is 12.1. The minimum absolute atomic E-state index is 0.0511. The molecule has 0 unspecified atom stereocenters. The third-order valence-electron chi connectivity index (χ3n) is 3.28. The molecule has 4 nitrogen and oxygen atoms in total.